The Hall–Kier alpha value is -3.33. The van der Waals surface area contributed by atoms with Gasteiger partial charge < -0.3 is 15.8 Å². The third-order valence-electron chi connectivity index (χ3n) is 6.55. The van der Waals surface area contributed by atoms with E-state index in [1.54, 1.807) is 17.5 Å². The number of nitrogens with zero attached hydrogens (tertiary/aromatic N) is 3. The SMILES string of the molecule is Cc1c(-c2ccnc(N)n2)sc2ccc(Cc3cccc(C(=O)NCCCN4CCOCC4)c3)cc12. The molecule has 5 rings (SSSR count). The molecule has 2 aromatic heterocycles. The van der Waals surface area contributed by atoms with E-state index >= 15 is 0 Å². The second kappa shape index (κ2) is 11.2. The van der Waals surface area contributed by atoms with Crippen molar-refractivity contribution in [2.45, 2.75) is 19.8 Å². The Morgan fingerprint density at radius 3 is 2.81 bits per heavy atom. The van der Waals surface area contributed by atoms with E-state index in [2.05, 4.69) is 51.4 Å². The van der Waals surface area contributed by atoms with Gasteiger partial charge in [0.1, 0.15) is 0 Å². The standard InChI is InChI=1S/C28H31N5O2S/c1-19-23-18-21(6-7-25(23)36-26(19)24-8-10-31-28(29)32-24)16-20-4-2-5-22(17-20)27(34)30-9-3-11-33-12-14-35-15-13-33/h2,4-8,10,17-18H,3,9,11-16H2,1H3,(H,30,34)(H2,29,31,32). The molecule has 0 aliphatic carbocycles. The number of nitrogen functional groups attached to an aromatic ring is 1. The zero-order valence-corrected chi connectivity index (χ0v) is 21.3. The molecule has 3 heterocycles. The third-order valence-corrected chi connectivity index (χ3v) is 7.84. The molecule has 8 heteroatoms. The molecule has 36 heavy (non-hydrogen) atoms. The van der Waals surface area contributed by atoms with E-state index in [0.717, 1.165) is 61.8 Å². The second-order valence-corrected chi connectivity index (χ2v) is 10.2. The Labute approximate surface area is 215 Å². The maximum atomic E-state index is 12.7. The lowest BCUT2D eigenvalue weighted by atomic mass is 10.0. The van der Waals surface area contributed by atoms with Gasteiger partial charge in [0, 0.05) is 36.1 Å². The van der Waals surface area contributed by atoms with Gasteiger partial charge in [0.2, 0.25) is 5.95 Å². The lowest BCUT2D eigenvalue weighted by Crippen LogP contribution is -2.38. The number of hydrogen-bond acceptors (Lipinski definition) is 7. The number of amides is 1. The minimum absolute atomic E-state index is 0.0169. The average molecular weight is 502 g/mol. The van der Waals surface area contributed by atoms with Gasteiger partial charge in [-0.1, -0.05) is 18.2 Å². The molecule has 3 N–H and O–H groups in total. The summed E-state index contributed by atoms with van der Waals surface area (Å²) in [6.07, 6.45) is 3.40. The number of nitrogens with two attached hydrogens (primary N) is 1. The van der Waals surface area contributed by atoms with Crippen LogP contribution < -0.4 is 11.1 Å². The molecule has 0 unspecified atom stereocenters. The van der Waals surface area contributed by atoms with E-state index in [4.69, 9.17) is 10.5 Å². The molecule has 1 amide bonds. The molecule has 0 spiro atoms. The zero-order chi connectivity index (χ0) is 24.9. The van der Waals surface area contributed by atoms with Gasteiger partial charge in [-0.15, -0.1) is 11.3 Å². The second-order valence-electron chi connectivity index (χ2n) is 9.13. The summed E-state index contributed by atoms with van der Waals surface area (Å²) in [6.45, 7) is 7.34. The number of ether oxygens (including phenoxy) is 1. The number of aryl methyl sites for hydroxylation is 1. The summed E-state index contributed by atoms with van der Waals surface area (Å²) in [6, 6.07) is 16.4. The third kappa shape index (κ3) is 5.73. The highest BCUT2D eigenvalue weighted by atomic mass is 32.1. The molecular formula is C28H31N5O2S. The fraction of sp³-hybridized carbons (Fsp3) is 0.321. The van der Waals surface area contributed by atoms with Crippen molar-refractivity contribution in [1.29, 1.82) is 0 Å². The number of morpholine rings is 1. The number of carbonyl (C=O) groups excluding carboxylic acids is 1. The van der Waals surface area contributed by atoms with Crippen LogP contribution in [-0.4, -0.2) is 60.2 Å². The number of benzene rings is 2. The molecule has 0 atom stereocenters. The van der Waals surface area contributed by atoms with Crippen LogP contribution >= 0.6 is 11.3 Å². The zero-order valence-electron chi connectivity index (χ0n) is 20.5. The lowest BCUT2D eigenvalue weighted by Gasteiger charge is -2.26. The molecule has 0 bridgehead atoms. The van der Waals surface area contributed by atoms with Gasteiger partial charge in [-0.2, -0.15) is 0 Å². The summed E-state index contributed by atoms with van der Waals surface area (Å²) < 4.78 is 6.60. The predicted octanol–water partition coefficient (Wildman–Crippen LogP) is 4.29. The van der Waals surface area contributed by atoms with Crippen LogP contribution in [0.4, 0.5) is 5.95 Å². The molecule has 186 valence electrons. The smallest absolute Gasteiger partial charge is 0.251 e. The van der Waals surface area contributed by atoms with Crippen LogP contribution in [0.15, 0.2) is 54.7 Å². The molecule has 7 nitrogen and oxygen atoms in total. The molecule has 1 saturated heterocycles. The minimum atomic E-state index is -0.0169. The Morgan fingerprint density at radius 2 is 1.97 bits per heavy atom. The number of anilines is 1. The van der Waals surface area contributed by atoms with Crippen molar-refractivity contribution >= 4 is 33.3 Å². The van der Waals surface area contributed by atoms with Gasteiger partial charge in [-0.05, 0) is 78.7 Å². The quantitative estimate of drug-likeness (QED) is 0.350. The van der Waals surface area contributed by atoms with Gasteiger partial charge in [0.25, 0.3) is 5.91 Å². The first kappa shape index (κ1) is 24.4. The van der Waals surface area contributed by atoms with Gasteiger partial charge in [0.15, 0.2) is 0 Å². The maximum Gasteiger partial charge on any atom is 0.251 e. The summed E-state index contributed by atoms with van der Waals surface area (Å²) in [5.41, 5.74) is 10.9. The molecule has 1 fully saturated rings. The van der Waals surface area contributed by atoms with Crippen molar-refractivity contribution in [2.24, 2.45) is 0 Å². The van der Waals surface area contributed by atoms with Crippen molar-refractivity contribution in [3.63, 3.8) is 0 Å². The molecule has 0 radical (unpaired) electrons. The minimum Gasteiger partial charge on any atom is -0.379 e. The summed E-state index contributed by atoms with van der Waals surface area (Å²) in [4.78, 5) is 24.6. The van der Waals surface area contributed by atoms with Gasteiger partial charge >= 0.3 is 0 Å². The highest BCUT2D eigenvalue weighted by Gasteiger charge is 2.14. The van der Waals surface area contributed by atoms with Crippen LogP contribution in [0.3, 0.4) is 0 Å². The van der Waals surface area contributed by atoms with Crippen LogP contribution in [0.1, 0.15) is 33.5 Å². The van der Waals surface area contributed by atoms with Crippen LogP contribution in [-0.2, 0) is 11.2 Å². The van der Waals surface area contributed by atoms with E-state index in [1.807, 2.05) is 24.3 Å². The highest BCUT2D eigenvalue weighted by molar-refractivity contribution is 7.22. The van der Waals surface area contributed by atoms with Gasteiger partial charge in [-0.3, -0.25) is 9.69 Å². The van der Waals surface area contributed by atoms with Crippen molar-refractivity contribution in [3.8, 4) is 10.6 Å². The lowest BCUT2D eigenvalue weighted by molar-refractivity contribution is 0.0374. The summed E-state index contributed by atoms with van der Waals surface area (Å²) in [5.74, 6) is 0.266. The maximum absolute atomic E-state index is 12.7. The van der Waals surface area contributed by atoms with Crippen LogP contribution in [0.5, 0.6) is 0 Å². The van der Waals surface area contributed by atoms with E-state index in [0.29, 0.717) is 12.1 Å². The number of aromatic nitrogens is 2. The number of thiophene rings is 1. The van der Waals surface area contributed by atoms with Crippen molar-refractivity contribution < 1.29 is 9.53 Å². The van der Waals surface area contributed by atoms with Gasteiger partial charge in [-0.25, -0.2) is 9.97 Å². The summed E-state index contributed by atoms with van der Waals surface area (Å²) in [5, 5.41) is 4.29. The van der Waals surface area contributed by atoms with E-state index in [9.17, 15) is 4.79 Å². The monoisotopic (exact) mass is 501 g/mol. The first-order chi connectivity index (χ1) is 17.6. The first-order valence-electron chi connectivity index (χ1n) is 12.3. The predicted molar refractivity (Wildman–Crippen MR) is 145 cm³/mol. The Balaban J connectivity index is 1.23. The number of fused-ring (bicyclic) bond motifs is 1. The van der Waals surface area contributed by atoms with E-state index in [-0.39, 0.29) is 11.9 Å². The fourth-order valence-corrected chi connectivity index (χ4v) is 5.77. The number of carbonyl (C=O) groups is 1. The highest BCUT2D eigenvalue weighted by Crippen LogP contribution is 2.38. The Kier molecular flexibility index (Phi) is 7.55. The van der Waals surface area contributed by atoms with Crippen LogP contribution in [0.25, 0.3) is 20.7 Å². The van der Waals surface area contributed by atoms with Crippen molar-refractivity contribution in [1.82, 2.24) is 20.2 Å². The van der Waals surface area contributed by atoms with Crippen LogP contribution in [0, 0.1) is 6.92 Å². The summed E-state index contributed by atoms with van der Waals surface area (Å²) >= 11 is 1.72. The molecular weight excluding hydrogens is 470 g/mol. The Bertz CT molecular complexity index is 1360. The van der Waals surface area contributed by atoms with E-state index in [1.165, 1.54) is 21.2 Å². The van der Waals surface area contributed by atoms with Crippen molar-refractivity contribution in [2.75, 3.05) is 45.1 Å². The molecule has 1 aliphatic rings. The number of hydrogen-bond donors (Lipinski definition) is 2. The molecule has 4 aromatic rings. The fourth-order valence-electron chi connectivity index (χ4n) is 4.61. The number of nitrogens with one attached hydrogen (secondary N) is 1. The molecule has 1 aliphatic heterocycles. The first-order valence-corrected chi connectivity index (χ1v) is 13.2. The number of rotatable bonds is 8. The normalized spacial score (nSPS) is 14.2. The summed E-state index contributed by atoms with van der Waals surface area (Å²) in [7, 11) is 0. The topological polar surface area (TPSA) is 93.4 Å². The molecule has 2 aromatic carbocycles. The van der Waals surface area contributed by atoms with E-state index < -0.39 is 0 Å². The Morgan fingerprint density at radius 1 is 1.14 bits per heavy atom. The van der Waals surface area contributed by atoms with Crippen LogP contribution in [0.2, 0.25) is 0 Å². The average Bonchev–Trinajstić information content (AvgIpc) is 3.23. The van der Waals surface area contributed by atoms with Crippen molar-refractivity contribution in [3.05, 3.63) is 77.0 Å². The molecule has 0 saturated carbocycles. The largest absolute Gasteiger partial charge is 0.379 e. The van der Waals surface area contributed by atoms with Gasteiger partial charge in [0.05, 0.1) is 23.8 Å².